The van der Waals surface area contributed by atoms with E-state index in [1.807, 2.05) is 24.3 Å². The van der Waals surface area contributed by atoms with Crippen molar-refractivity contribution >= 4 is 40.6 Å². The smallest absolute Gasteiger partial charge is 0.251 e. The minimum atomic E-state index is -2.86. The largest absolute Gasteiger partial charge is 0.352 e. The molecular formula is C19H31Cl2N3O3S. The van der Waals surface area contributed by atoms with E-state index in [4.69, 9.17) is 0 Å². The summed E-state index contributed by atoms with van der Waals surface area (Å²) in [5, 5.41) is 6.43. The molecule has 1 aromatic carbocycles. The van der Waals surface area contributed by atoms with Crippen LogP contribution in [0.5, 0.6) is 0 Å². The molecule has 1 amide bonds. The summed E-state index contributed by atoms with van der Waals surface area (Å²) in [5.41, 5.74) is 1.72. The predicted molar refractivity (Wildman–Crippen MR) is 117 cm³/mol. The lowest BCUT2D eigenvalue weighted by molar-refractivity contribution is 0.0950. The fraction of sp³-hybridized carbons (Fsp3) is 0.632. The van der Waals surface area contributed by atoms with E-state index in [9.17, 15) is 13.2 Å². The first-order valence-corrected chi connectivity index (χ1v) is 11.3. The van der Waals surface area contributed by atoms with Gasteiger partial charge in [0.15, 0.2) is 9.84 Å². The van der Waals surface area contributed by atoms with E-state index >= 15 is 0 Å². The van der Waals surface area contributed by atoms with Gasteiger partial charge in [-0.05, 0) is 56.0 Å². The molecule has 0 aliphatic carbocycles. The highest BCUT2D eigenvalue weighted by molar-refractivity contribution is 7.91. The standard InChI is InChI=1S/C19H29N3O3S.2ClH/c23-19(21-8-6-16-4-2-7-20-14-16)18-5-1-3-17(13-18)15-22-9-11-26(24,25)12-10-22;;/h1,3,5,13,16,20H,2,4,6-12,14-15H2,(H,21,23);2*1H. The van der Waals surface area contributed by atoms with Crippen LogP contribution in [-0.4, -0.2) is 63.5 Å². The Morgan fingerprint density at radius 1 is 1.21 bits per heavy atom. The van der Waals surface area contributed by atoms with Crippen LogP contribution in [0, 0.1) is 5.92 Å². The molecule has 2 N–H and O–H groups in total. The molecule has 1 atom stereocenters. The molecule has 9 heteroatoms. The molecule has 0 aromatic heterocycles. The minimum absolute atomic E-state index is 0. The van der Waals surface area contributed by atoms with Gasteiger partial charge in [0.05, 0.1) is 11.5 Å². The van der Waals surface area contributed by atoms with Crippen LogP contribution in [0.3, 0.4) is 0 Å². The Hall–Kier alpha value is -0.860. The fourth-order valence-corrected chi connectivity index (χ4v) is 4.92. The second kappa shape index (κ2) is 12.0. The number of sulfone groups is 1. The second-order valence-corrected chi connectivity index (χ2v) is 9.69. The Morgan fingerprint density at radius 3 is 2.64 bits per heavy atom. The summed E-state index contributed by atoms with van der Waals surface area (Å²) in [4.78, 5) is 14.5. The lowest BCUT2D eigenvalue weighted by Crippen LogP contribution is -2.39. The van der Waals surface area contributed by atoms with Crippen LogP contribution in [0.2, 0.25) is 0 Å². The van der Waals surface area contributed by atoms with Crippen LogP contribution < -0.4 is 10.6 Å². The Kier molecular flexibility index (Phi) is 10.8. The number of nitrogens with one attached hydrogen (secondary N) is 2. The number of nitrogens with zero attached hydrogens (tertiary/aromatic N) is 1. The van der Waals surface area contributed by atoms with Crippen LogP contribution in [-0.2, 0) is 16.4 Å². The third kappa shape index (κ3) is 7.87. The molecule has 2 fully saturated rings. The number of carbonyl (C=O) groups is 1. The van der Waals surface area contributed by atoms with Gasteiger partial charge in [-0.3, -0.25) is 9.69 Å². The second-order valence-electron chi connectivity index (χ2n) is 7.39. The highest BCUT2D eigenvalue weighted by Gasteiger charge is 2.21. The van der Waals surface area contributed by atoms with Crippen LogP contribution in [0.1, 0.15) is 35.2 Å². The van der Waals surface area contributed by atoms with Crippen molar-refractivity contribution in [1.82, 2.24) is 15.5 Å². The van der Waals surface area contributed by atoms with E-state index in [1.165, 1.54) is 12.8 Å². The molecule has 3 rings (SSSR count). The fourth-order valence-electron chi connectivity index (χ4n) is 3.64. The van der Waals surface area contributed by atoms with Gasteiger partial charge in [-0.2, -0.15) is 0 Å². The molecule has 0 radical (unpaired) electrons. The number of carbonyl (C=O) groups excluding carboxylic acids is 1. The normalized spacial score (nSPS) is 21.8. The SMILES string of the molecule is Cl.Cl.O=C(NCCC1CCCNC1)c1cccc(CN2CCS(=O)(=O)CC2)c1. The molecule has 2 aliphatic heterocycles. The Labute approximate surface area is 180 Å². The molecule has 2 heterocycles. The first kappa shape index (κ1) is 25.2. The topological polar surface area (TPSA) is 78.5 Å². The van der Waals surface area contributed by atoms with Gasteiger partial charge in [0.25, 0.3) is 5.91 Å². The summed E-state index contributed by atoms with van der Waals surface area (Å²) in [7, 11) is -2.86. The van der Waals surface area contributed by atoms with E-state index in [0.29, 0.717) is 37.7 Å². The van der Waals surface area contributed by atoms with Crippen LogP contribution >= 0.6 is 24.8 Å². The number of hydrogen-bond donors (Lipinski definition) is 2. The average molecular weight is 452 g/mol. The van der Waals surface area contributed by atoms with Gasteiger partial charge >= 0.3 is 0 Å². The quantitative estimate of drug-likeness (QED) is 0.689. The van der Waals surface area contributed by atoms with E-state index in [1.54, 1.807) is 0 Å². The Bertz CT molecular complexity index is 711. The molecule has 2 aliphatic rings. The van der Waals surface area contributed by atoms with Gasteiger partial charge in [0, 0.05) is 31.7 Å². The molecule has 0 spiro atoms. The van der Waals surface area contributed by atoms with Crippen molar-refractivity contribution in [2.24, 2.45) is 5.92 Å². The highest BCUT2D eigenvalue weighted by atomic mass is 35.5. The van der Waals surface area contributed by atoms with Crippen LogP contribution in [0.4, 0.5) is 0 Å². The molecular weight excluding hydrogens is 421 g/mol. The first-order chi connectivity index (χ1) is 12.5. The maximum absolute atomic E-state index is 12.4. The number of rotatable bonds is 6. The predicted octanol–water partition coefficient (Wildman–Crippen LogP) is 1.88. The lowest BCUT2D eigenvalue weighted by atomic mass is 9.96. The Morgan fingerprint density at radius 2 is 1.96 bits per heavy atom. The van der Waals surface area contributed by atoms with Gasteiger partial charge in [0.1, 0.15) is 0 Å². The van der Waals surface area contributed by atoms with E-state index in [0.717, 1.165) is 25.1 Å². The third-order valence-electron chi connectivity index (χ3n) is 5.27. The summed E-state index contributed by atoms with van der Waals surface area (Å²) >= 11 is 0. The van der Waals surface area contributed by atoms with E-state index in [-0.39, 0.29) is 42.2 Å². The zero-order chi connectivity index (χ0) is 18.4. The van der Waals surface area contributed by atoms with Crippen LogP contribution in [0.15, 0.2) is 24.3 Å². The summed E-state index contributed by atoms with van der Waals surface area (Å²) < 4.78 is 23.0. The zero-order valence-corrected chi connectivity index (χ0v) is 18.5. The first-order valence-electron chi connectivity index (χ1n) is 9.52. The van der Waals surface area contributed by atoms with E-state index in [2.05, 4.69) is 15.5 Å². The van der Waals surface area contributed by atoms with Crippen molar-refractivity contribution in [3.8, 4) is 0 Å². The maximum Gasteiger partial charge on any atom is 0.251 e. The molecule has 1 aromatic rings. The number of hydrogen-bond acceptors (Lipinski definition) is 5. The molecule has 160 valence electrons. The molecule has 6 nitrogen and oxygen atoms in total. The van der Waals surface area contributed by atoms with Gasteiger partial charge in [-0.15, -0.1) is 24.8 Å². The summed E-state index contributed by atoms with van der Waals surface area (Å²) in [6.45, 7) is 4.68. The number of halogens is 2. The summed E-state index contributed by atoms with van der Waals surface area (Å²) in [6, 6.07) is 7.64. The van der Waals surface area contributed by atoms with Crippen molar-refractivity contribution in [3.05, 3.63) is 35.4 Å². The summed E-state index contributed by atoms with van der Waals surface area (Å²) in [6.07, 6.45) is 3.48. The van der Waals surface area contributed by atoms with E-state index < -0.39 is 9.84 Å². The van der Waals surface area contributed by atoms with Gasteiger partial charge in [0.2, 0.25) is 0 Å². The molecule has 1 unspecified atom stereocenters. The van der Waals surface area contributed by atoms with Crippen molar-refractivity contribution in [3.63, 3.8) is 0 Å². The maximum atomic E-state index is 12.4. The number of benzene rings is 1. The van der Waals surface area contributed by atoms with Crippen LogP contribution in [0.25, 0.3) is 0 Å². The zero-order valence-electron chi connectivity index (χ0n) is 16.1. The van der Waals surface area contributed by atoms with Gasteiger partial charge in [-0.1, -0.05) is 12.1 Å². The molecule has 28 heavy (non-hydrogen) atoms. The van der Waals surface area contributed by atoms with Gasteiger partial charge in [-0.25, -0.2) is 8.42 Å². The molecule has 0 saturated carbocycles. The number of piperidine rings is 1. The monoisotopic (exact) mass is 451 g/mol. The van der Waals surface area contributed by atoms with Crippen molar-refractivity contribution in [1.29, 1.82) is 0 Å². The number of amides is 1. The summed E-state index contributed by atoms with van der Waals surface area (Å²) in [5.74, 6) is 1.08. The van der Waals surface area contributed by atoms with Gasteiger partial charge < -0.3 is 10.6 Å². The highest BCUT2D eigenvalue weighted by Crippen LogP contribution is 2.14. The Balaban J connectivity index is 0.00000196. The third-order valence-corrected chi connectivity index (χ3v) is 6.88. The average Bonchev–Trinajstić information content (AvgIpc) is 2.64. The molecule has 0 bridgehead atoms. The van der Waals surface area contributed by atoms with Crippen molar-refractivity contribution in [2.45, 2.75) is 25.8 Å². The minimum Gasteiger partial charge on any atom is -0.352 e. The molecule has 2 saturated heterocycles. The lowest BCUT2D eigenvalue weighted by Gasteiger charge is -2.26. The van der Waals surface area contributed by atoms with Crippen molar-refractivity contribution < 1.29 is 13.2 Å². The van der Waals surface area contributed by atoms with Crippen molar-refractivity contribution in [2.75, 3.05) is 44.2 Å².